The van der Waals surface area contributed by atoms with E-state index in [1.54, 1.807) is 0 Å². The zero-order valence-corrected chi connectivity index (χ0v) is 51.1. The molecule has 440 valence electrons. The van der Waals surface area contributed by atoms with E-state index in [-0.39, 0.29) is 24.9 Å². The second kappa shape index (κ2) is 55.5. The van der Waals surface area contributed by atoms with E-state index in [4.69, 9.17) is 13.8 Å². The SMILES string of the molecule is CCCCC/C=C\C/C=C\C/C=C\CCCCCCCCC(=O)NC(COP(=O)([O-])OCC[N+](C)(C)C)C(/C=C/CCCCCCCCCCCC)OC(=O)CCCCCCCC/C=C\C/C=C\C/C=C\CCCCC. The number of phosphoric ester groups is 1. The Morgan fingerprint density at radius 2 is 0.803 bits per heavy atom. The largest absolute Gasteiger partial charge is 0.756 e. The molecule has 10 heteroatoms. The van der Waals surface area contributed by atoms with Crippen LogP contribution in [0, 0.1) is 0 Å². The summed E-state index contributed by atoms with van der Waals surface area (Å²) in [5.41, 5.74) is 0. The third-order valence-corrected chi connectivity index (χ3v) is 14.5. The highest BCUT2D eigenvalue weighted by Gasteiger charge is 2.27. The molecule has 0 saturated heterocycles. The van der Waals surface area contributed by atoms with Crippen molar-refractivity contribution in [1.82, 2.24) is 5.32 Å². The van der Waals surface area contributed by atoms with Gasteiger partial charge in [0.1, 0.15) is 19.3 Å². The van der Waals surface area contributed by atoms with Crippen LogP contribution >= 0.6 is 7.82 Å². The highest BCUT2D eigenvalue weighted by atomic mass is 31.2. The van der Waals surface area contributed by atoms with Gasteiger partial charge >= 0.3 is 5.97 Å². The molecule has 0 aliphatic carbocycles. The molecule has 0 fully saturated rings. The predicted octanol–water partition coefficient (Wildman–Crippen LogP) is 18.8. The number of ether oxygens (including phenoxy) is 1. The number of carbonyl (C=O) groups is 2. The Bertz CT molecular complexity index is 1580. The molecule has 1 amide bonds. The molecule has 0 aromatic carbocycles. The lowest BCUT2D eigenvalue weighted by atomic mass is 10.0. The van der Waals surface area contributed by atoms with Crippen molar-refractivity contribution in [2.45, 2.75) is 283 Å². The summed E-state index contributed by atoms with van der Waals surface area (Å²) in [4.78, 5) is 40.0. The van der Waals surface area contributed by atoms with Crippen LogP contribution in [0.15, 0.2) is 85.1 Å². The maximum atomic E-state index is 13.5. The number of carbonyl (C=O) groups excluding carboxylic acids is 2. The van der Waals surface area contributed by atoms with E-state index in [9.17, 15) is 19.0 Å². The zero-order valence-electron chi connectivity index (χ0n) is 50.2. The molecular weight excluding hydrogens is 964 g/mol. The van der Waals surface area contributed by atoms with Gasteiger partial charge in [0.25, 0.3) is 7.82 Å². The number of quaternary nitrogens is 1. The lowest BCUT2D eigenvalue weighted by molar-refractivity contribution is -0.870. The molecule has 76 heavy (non-hydrogen) atoms. The van der Waals surface area contributed by atoms with E-state index < -0.39 is 26.6 Å². The first kappa shape index (κ1) is 73.2. The normalized spacial score (nSPS) is 14.2. The molecular formula is C66H119N2O7P. The molecule has 3 unspecified atom stereocenters. The van der Waals surface area contributed by atoms with Crippen molar-refractivity contribution in [1.29, 1.82) is 0 Å². The van der Waals surface area contributed by atoms with Gasteiger partial charge in [-0.2, -0.15) is 0 Å². The Balaban J connectivity index is 5.31. The van der Waals surface area contributed by atoms with Crippen molar-refractivity contribution in [2.24, 2.45) is 0 Å². The van der Waals surface area contributed by atoms with Crippen LogP contribution in [0.25, 0.3) is 0 Å². The van der Waals surface area contributed by atoms with Crippen molar-refractivity contribution in [3.8, 4) is 0 Å². The van der Waals surface area contributed by atoms with Gasteiger partial charge in [-0.05, 0) is 109 Å². The summed E-state index contributed by atoms with van der Waals surface area (Å²) < 4.78 is 30.3. The van der Waals surface area contributed by atoms with Crippen LogP contribution < -0.4 is 10.2 Å². The molecule has 9 nitrogen and oxygen atoms in total. The molecule has 0 bridgehead atoms. The lowest BCUT2D eigenvalue weighted by Gasteiger charge is -2.30. The molecule has 0 spiro atoms. The summed E-state index contributed by atoms with van der Waals surface area (Å²) in [7, 11) is 1.16. The number of amides is 1. The molecule has 0 heterocycles. The number of unbranched alkanes of at least 4 members (excludes halogenated alkanes) is 28. The van der Waals surface area contributed by atoms with Gasteiger partial charge in [0, 0.05) is 12.8 Å². The van der Waals surface area contributed by atoms with Crippen LogP contribution in [0.2, 0.25) is 0 Å². The molecule has 1 N–H and O–H groups in total. The molecule has 0 aromatic rings. The zero-order chi connectivity index (χ0) is 55.7. The van der Waals surface area contributed by atoms with Crippen molar-refractivity contribution in [3.05, 3.63) is 85.1 Å². The summed E-state index contributed by atoms with van der Waals surface area (Å²) in [6.07, 6.45) is 72.5. The number of nitrogens with zero attached hydrogens (tertiary/aromatic N) is 1. The van der Waals surface area contributed by atoms with Gasteiger partial charge in [-0.3, -0.25) is 14.2 Å². The minimum absolute atomic E-state index is 0.0308. The predicted molar refractivity (Wildman–Crippen MR) is 325 cm³/mol. The van der Waals surface area contributed by atoms with E-state index >= 15 is 0 Å². The molecule has 0 aliphatic rings. The summed E-state index contributed by atoms with van der Waals surface area (Å²) in [6.45, 7) is 6.77. The fourth-order valence-electron chi connectivity index (χ4n) is 8.65. The number of allylic oxidation sites excluding steroid dienone is 13. The van der Waals surface area contributed by atoms with Crippen molar-refractivity contribution < 1.29 is 37.3 Å². The van der Waals surface area contributed by atoms with Crippen LogP contribution in [0.1, 0.15) is 271 Å². The van der Waals surface area contributed by atoms with Crippen LogP contribution in [0.5, 0.6) is 0 Å². The first-order valence-corrected chi connectivity index (χ1v) is 32.9. The second-order valence-electron chi connectivity index (χ2n) is 22.2. The van der Waals surface area contributed by atoms with Gasteiger partial charge in [-0.1, -0.05) is 235 Å². The summed E-state index contributed by atoms with van der Waals surface area (Å²) in [5, 5.41) is 3.02. The summed E-state index contributed by atoms with van der Waals surface area (Å²) in [5.74, 6) is -0.571. The second-order valence-corrected chi connectivity index (χ2v) is 23.6. The molecule has 0 aliphatic heterocycles. The minimum Gasteiger partial charge on any atom is -0.756 e. The number of hydrogen-bond acceptors (Lipinski definition) is 7. The van der Waals surface area contributed by atoms with Crippen molar-refractivity contribution in [3.63, 3.8) is 0 Å². The molecule has 0 aromatic heterocycles. The standard InChI is InChI=1S/C66H119N2O7P/c1-7-10-13-16-19-22-25-28-30-32-34-36-38-40-43-46-49-52-55-58-65(69)67-63(62-74-76(71,72)73-61-60-68(4,5)6)64(57-54-51-48-45-42-27-24-21-18-15-12-9-3)75-66(70)59-56-53-50-47-44-41-39-37-35-33-31-29-26-23-20-17-14-11-8-2/h19-20,22-23,28-31,34-37,54,57,63-64H,7-18,21,24-27,32-33,38-53,55-56,58-62H2,1-6H3,(H-,67,69,71,72)/b22-19-,23-20-,30-28-,31-29-,36-34-,37-35-,57-54+. The molecule has 0 saturated carbocycles. The van der Waals surface area contributed by atoms with Crippen LogP contribution in [0.3, 0.4) is 0 Å². The van der Waals surface area contributed by atoms with Gasteiger partial charge in [0.2, 0.25) is 5.91 Å². The Morgan fingerprint density at radius 1 is 0.461 bits per heavy atom. The summed E-state index contributed by atoms with van der Waals surface area (Å²) >= 11 is 0. The van der Waals surface area contributed by atoms with E-state index in [0.29, 0.717) is 23.9 Å². The Labute approximate surface area is 469 Å². The van der Waals surface area contributed by atoms with Gasteiger partial charge in [0.05, 0.1) is 33.8 Å². The van der Waals surface area contributed by atoms with E-state index in [1.165, 1.54) is 103 Å². The smallest absolute Gasteiger partial charge is 0.306 e. The Kier molecular flexibility index (Phi) is 53.5. The van der Waals surface area contributed by atoms with Gasteiger partial charge in [-0.15, -0.1) is 0 Å². The van der Waals surface area contributed by atoms with E-state index in [1.807, 2.05) is 33.3 Å². The number of rotatable bonds is 56. The maximum Gasteiger partial charge on any atom is 0.306 e. The topological polar surface area (TPSA) is 114 Å². The van der Waals surface area contributed by atoms with Gasteiger partial charge < -0.3 is 28.5 Å². The average molecular weight is 1080 g/mol. The highest BCUT2D eigenvalue weighted by Crippen LogP contribution is 2.38. The first-order chi connectivity index (χ1) is 36.9. The van der Waals surface area contributed by atoms with Crippen molar-refractivity contribution in [2.75, 3.05) is 40.9 Å². The minimum atomic E-state index is -4.71. The number of esters is 1. The molecule has 3 atom stereocenters. The first-order valence-electron chi connectivity index (χ1n) is 31.4. The Hall–Kier alpha value is -2.81. The number of likely N-dealkylation sites (N-methyl/N-ethyl adjacent to an activating group) is 1. The Morgan fingerprint density at radius 3 is 1.22 bits per heavy atom. The van der Waals surface area contributed by atoms with Crippen LogP contribution in [-0.4, -0.2) is 69.4 Å². The highest BCUT2D eigenvalue weighted by molar-refractivity contribution is 7.45. The summed E-state index contributed by atoms with van der Waals surface area (Å²) in [6, 6.07) is -0.905. The fourth-order valence-corrected chi connectivity index (χ4v) is 9.38. The van der Waals surface area contributed by atoms with Crippen LogP contribution in [0.4, 0.5) is 0 Å². The quantitative estimate of drug-likeness (QED) is 0.0212. The lowest BCUT2D eigenvalue weighted by Crippen LogP contribution is -2.47. The average Bonchev–Trinajstić information content (AvgIpc) is 3.38. The van der Waals surface area contributed by atoms with Gasteiger partial charge in [-0.25, -0.2) is 0 Å². The van der Waals surface area contributed by atoms with Gasteiger partial charge in [0.15, 0.2) is 0 Å². The monoisotopic (exact) mass is 1080 g/mol. The number of phosphoric acid groups is 1. The molecule has 0 rings (SSSR count). The van der Waals surface area contributed by atoms with Crippen molar-refractivity contribution >= 4 is 19.7 Å². The maximum absolute atomic E-state index is 13.5. The fraction of sp³-hybridized carbons (Fsp3) is 0.758. The van der Waals surface area contributed by atoms with Crippen LogP contribution in [-0.2, 0) is 27.9 Å². The number of nitrogens with one attached hydrogen (secondary N) is 1. The molecule has 0 radical (unpaired) electrons. The van der Waals surface area contributed by atoms with E-state index in [2.05, 4.69) is 99.0 Å². The van der Waals surface area contributed by atoms with E-state index in [0.717, 1.165) is 128 Å². The number of hydrogen-bond donors (Lipinski definition) is 1. The third-order valence-electron chi connectivity index (χ3n) is 13.5. The third kappa shape index (κ3) is 55.9.